The number of halogens is 1. The minimum absolute atomic E-state index is 0.357. The van der Waals surface area contributed by atoms with Crippen LogP contribution in [0.5, 0.6) is 5.75 Å². The molecule has 1 aliphatic rings. The fourth-order valence-electron chi connectivity index (χ4n) is 2.06. The smallest absolute Gasteiger partial charge is 0.371 e. The average Bonchev–Trinajstić information content (AvgIpc) is 2.39. The van der Waals surface area contributed by atoms with Crippen LogP contribution in [-0.2, 0) is 10.3 Å². The van der Waals surface area contributed by atoms with Crippen molar-refractivity contribution >= 4 is 26.2 Å². The zero-order valence-electron chi connectivity index (χ0n) is 9.71. The Hall–Kier alpha value is -1.37. The van der Waals surface area contributed by atoms with E-state index in [1.807, 2.05) is 36.4 Å². The molecule has 0 saturated carbocycles. The first-order valence-electron chi connectivity index (χ1n) is 5.61. The van der Waals surface area contributed by atoms with E-state index in [1.54, 1.807) is 12.1 Å². The summed E-state index contributed by atoms with van der Waals surface area (Å²) in [4.78, 5) is 0. The van der Waals surface area contributed by atoms with Gasteiger partial charge in [-0.05, 0) is 23.8 Å². The second-order valence-corrected chi connectivity index (χ2v) is 6.41. The fraction of sp³-hybridized carbons (Fsp3) is 0.0769. The molecule has 1 heterocycles. The summed E-state index contributed by atoms with van der Waals surface area (Å²) in [5.41, 5.74) is 1.66. The highest BCUT2D eigenvalue weighted by atomic mass is 79.9. The lowest BCUT2D eigenvalue weighted by atomic mass is 9.99. The number of fused-ring (bicyclic) bond motifs is 1. The molecule has 0 unspecified atom stereocenters. The van der Waals surface area contributed by atoms with Crippen LogP contribution >= 0.6 is 15.9 Å². The Morgan fingerprint density at radius 2 is 1.84 bits per heavy atom. The first-order valence-corrected chi connectivity index (χ1v) is 7.81. The Morgan fingerprint density at radius 3 is 2.58 bits per heavy atom. The number of hydrogen-bond acceptors (Lipinski definition) is 3. The van der Waals surface area contributed by atoms with Gasteiger partial charge in [-0.3, -0.25) is 0 Å². The summed E-state index contributed by atoms with van der Waals surface area (Å²) in [6.45, 7) is 0. The number of hydrogen-bond donors (Lipinski definition) is 1. The molecule has 0 bridgehead atoms. The first-order chi connectivity index (χ1) is 9.05. The minimum Gasteiger partial charge on any atom is -0.371 e. The maximum atomic E-state index is 11.7. The molecule has 1 N–H and O–H groups in total. The lowest BCUT2D eigenvalue weighted by Gasteiger charge is -2.26. The second-order valence-electron chi connectivity index (χ2n) is 4.18. The molecular weight excluding hydrogens is 330 g/mol. The predicted octanol–water partition coefficient (Wildman–Crippen LogP) is 2.77. The highest BCUT2D eigenvalue weighted by Crippen LogP contribution is 2.36. The average molecular weight is 340 g/mol. The Morgan fingerprint density at radius 1 is 1.11 bits per heavy atom. The molecule has 4 nitrogen and oxygen atoms in total. The van der Waals surface area contributed by atoms with E-state index in [9.17, 15) is 8.42 Å². The largest absolute Gasteiger partial charge is 0.383 e. The van der Waals surface area contributed by atoms with Gasteiger partial charge in [0, 0.05) is 10.0 Å². The molecule has 3 rings (SSSR count). The predicted molar refractivity (Wildman–Crippen MR) is 75.1 cm³/mol. The van der Waals surface area contributed by atoms with Crippen LogP contribution < -0.4 is 8.91 Å². The van der Waals surface area contributed by atoms with Crippen molar-refractivity contribution in [2.75, 3.05) is 0 Å². The van der Waals surface area contributed by atoms with Crippen molar-refractivity contribution in [3.05, 3.63) is 64.1 Å². The molecule has 2 aromatic carbocycles. The van der Waals surface area contributed by atoms with Crippen molar-refractivity contribution in [1.29, 1.82) is 0 Å². The zero-order chi connectivity index (χ0) is 13.5. The van der Waals surface area contributed by atoms with Crippen molar-refractivity contribution in [2.24, 2.45) is 0 Å². The van der Waals surface area contributed by atoms with E-state index >= 15 is 0 Å². The zero-order valence-corrected chi connectivity index (χ0v) is 12.1. The molecule has 0 aromatic heterocycles. The molecule has 0 amide bonds. The lowest BCUT2D eigenvalue weighted by Crippen LogP contribution is -2.37. The Balaban J connectivity index is 2.18. The van der Waals surface area contributed by atoms with Crippen LogP contribution in [0.1, 0.15) is 17.2 Å². The highest BCUT2D eigenvalue weighted by molar-refractivity contribution is 9.10. The molecule has 0 aliphatic carbocycles. The van der Waals surface area contributed by atoms with Crippen LogP contribution in [0.3, 0.4) is 0 Å². The molecule has 6 heteroatoms. The normalized spacial score (nSPS) is 20.4. The van der Waals surface area contributed by atoms with Crippen LogP contribution in [0.2, 0.25) is 0 Å². The summed E-state index contributed by atoms with van der Waals surface area (Å²) >= 11 is 3.39. The van der Waals surface area contributed by atoms with Gasteiger partial charge in [-0.2, -0.15) is 13.1 Å². The van der Waals surface area contributed by atoms with Gasteiger partial charge in [-0.15, -0.1) is 0 Å². The Labute approximate surface area is 119 Å². The van der Waals surface area contributed by atoms with E-state index in [4.69, 9.17) is 4.18 Å². The van der Waals surface area contributed by atoms with E-state index in [2.05, 4.69) is 20.7 Å². The monoisotopic (exact) mass is 339 g/mol. The highest BCUT2D eigenvalue weighted by Gasteiger charge is 2.31. The van der Waals surface area contributed by atoms with Gasteiger partial charge in [0.15, 0.2) is 0 Å². The number of rotatable bonds is 1. The summed E-state index contributed by atoms with van der Waals surface area (Å²) in [7, 11) is -3.77. The molecular formula is C13H10BrNO3S. The molecule has 0 spiro atoms. The lowest BCUT2D eigenvalue weighted by molar-refractivity contribution is 0.441. The van der Waals surface area contributed by atoms with Crippen LogP contribution in [-0.4, -0.2) is 8.42 Å². The second kappa shape index (κ2) is 4.63. The molecule has 0 radical (unpaired) electrons. The van der Waals surface area contributed by atoms with Crippen molar-refractivity contribution in [2.45, 2.75) is 6.04 Å². The fourth-order valence-corrected chi connectivity index (χ4v) is 3.43. The summed E-state index contributed by atoms with van der Waals surface area (Å²) in [5.74, 6) is 0.357. The molecule has 19 heavy (non-hydrogen) atoms. The van der Waals surface area contributed by atoms with Crippen molar-refractivity contribution < 1.29 is 12.6 Å². The molecule has 1 atom stereocenters. The van der Waals surface area contributed by atoms with Crippen LogP contribution in [0.4, 0.5) is 0 Å². The van der Waals surface area contributed by atoms with E-state index in [1.165, 1.54) is 0 Å². The Bertz CT molecular complexity index is 716. The van der Waals surface area contributed by atoms with Gasteiger partial charge in [-0.1, -0.05) is 46.3 Å². The summed E-state index contributed by atoms with van der Waals surface area (Å²) in [6.07, 6.45) is 0. The third kappa shape index (κ3) is 2.51. The quantitative estimate of drug-likeness (QED) is 0.869. The topological polar surface area (TPSA) is 55.4 Å². The van der Waals surface area contributed by atoms with Gasteiger partial charge < -0.3 is 4.18 Å². The van der Waals surface area contributed by atoms with Crippen molar-refractivity contribution in [1.82, 2.24) is 4.72 Å². The van der Waals surface area contributed by atoms with Gasteiger partial charge in [0.1, 0.15) is 5.75 Å². The summed E-state index contributed by atoms with van der Waals surface area (Å²) in [6, 6.07) is 14.2. The molecule has 0 saturated heterocycles. The van der Waals surface area contributed by atoms with Gasteiger partial charge in [0.2, 0.25) is 0 Å². The van der Waals surface area contributed by atoms with Crippen LogP contribution in [0.25, 0.3) is 0 Å². The van der Waals surface area contributed by atoms with Gasteiger partial charge in [-0.25, -0.2) is 0 Å². The summed E-state index contributed by atoms with van der Waals surface area (Å²) < 4.78 is 31.8. The molecule has 1 aliphatic heterocycles. The summed E-state index contributed by atoms with van der Waals surface area (Å²) in [5, 5.41) is 0. The van der Waals surface area contributed by atoms with Gasteiger partial charge >= 0.3 is 10.3 Å². The van der Waals surface area contributed by atoms with Gasteiger partial charge in [0.25, 0.3) is 0 Å². The minimum atomic E-state index is -3.77. The van der Waals surface area contributed by atoms with Crippen molar-refractivity contribution in [3.8, 4) is 5.75 Å². The van der Waals surface area contributed by atoms with E-state index in [0.717, 1.165) is 15.6 Å². The van der Waals surface area contributed by atoms with Crippen LogP contribution in [0.15, 0.2) is 53.0 Å². The number of benzene rings is 2. The third-order valence-corrected chi connectivity index (χ3v) is 4.29. The SMILES string of the molecule is O=S1(=O)N[C@H](c2ccccc2)c2cc(Br)ccc2O1. The molecule has 0 fully saturated rings. The third-order valence-electron chi connectivity index (χ3n) is 2.88. The first kappa shape index (κ1) is 12.7. The standard InChI is InChI=1S/C13H10BrNO3S/c14-10-6-7-12-11(8-10)13(15-19(16,17)18-12)9-4-2-1-3-5-9/h1-8,13,15H/t13-/m1/s1. The number of nitrogens with one attached hydrogen (secondary N) is 1. The maximum Gasteiger partial charge on any atom is 0.383 e. The van der Waals surface area contributed by atoms with E-state index in [0.29, 0.717) is 5.75 Å². The van der Waals surface area contributed by atoms with E-state index in [-0.39, 0.29) is 0 Å². The molecule has 98 valence electrons. The van der Waals surface area contributed by atoms with Crippen LogP contribution in [0, 0.1) is 0 Å². The van der Waals surface area contributed by atoms with E-state index < -0.39 is 16.3 Å². The maximum absolute atomic E-state index is 11.7. The Kier molecular flexibility index (Phi) is 3.08. The molecule has 2 aromatic rings. The van der Waals surface area contributed by atoms with Crippen molar-refractivity contribution in [3.63, 3.8) is 0 Å². The van der Waals surface area contributed by atoms with Gasteiger partial charge in [0.05, 0.1) is 6.04 Å².